The van der Waals surface area contributed by atoms with Crippen LogP contribution < -0.4 is 0 Å². The van der Waals surface area contributed by atoms with Gasteiger partial charge in [0.15, 0.2) is 0 Å². The van der Waals surface area contributed by atoms with Crippen LogP contribution in [0.2, 0.25) is 0 Å². The highest BCUT2D eigenvalue weighted by Gasteiger charge is 2.51. The average Bonchev–Trinajstić information content (AvgIpc) is 3.14. The van der Waals surface area contributed by atoms with Crippen molar-refractivity contribution < 1.29 is 4.84 Å². The molecule has 0 atom stereocenters. The zero-order valence-electron chi connectivity index (χ0n) is 20.7. The minimum atomic E-state index is 0.282. The molecule has 4 heteroatoms. The van der Waals surface area contributed by atoms with E-state index in [1.54, 1.807) is 17.8 Å². The zero-order chi connectivity index (χ0) is 24.0. The molecular formula is C31H33N3O. The van der Waals surface area contributed by atoms with Gasteiger partial charge in [-0.15, -0.1) is 0 Å². The van der Waals surface area contributed by atoms with Crippen molar-refractivity contribution in [1.29, 1.82) is 5.26 Å². The Morgan fingerprint density at radius 1 is 1.00 bits per heavy atom. The summed E-state index contributed by atoms with van der Waals surface area (Å²) in [6.45, 7) is 4.55. The highest BCUT2D eigenvalue weighted by Crippen LogP contribution is 2.60. The molecule has 7 rings (SSSR count). The van der Waals surface area contributed by atoms with Gasteiger partial charge in [0.25, 0.3) is 0 Å². The van der Waals surface area contributed by atoms with Crippen molar-refractivity contribution in [3.05, 3.63) is 88.2 Å². The van der Waals surface area contributed by atoms with Gasteiger partial charge in [-0.1, -0.05) is 35.5 Å². The summed E-state index contributed by atoms with van der Waals surface area (Å²) in [6.07, 6.45) is 10.4. The van der Waals surface area contributed by atoms with Crippen molar-refractivity contribution in [1.82, 2.24) is 4.57 Å². The third-order valence-corrected chi connectivity index (χ3v) is 8.87. The number of aromatic nitrogens is 1. The van der Waals surface area contributed by atoms with Gasteiger partial charge in [-0.3, -0.25) is 0 Å². The molecule has 4 nitrogen and oxygen atoms in total. The summed E-state index contributed by atoms with van der Waals surface area (Å²) < 4.78 is 2.30. The first kappa shape index (κ1) is 22.2. The number of nitriles is 1. The first-order valence-corrected chi connectivity index (χ1v) is 13.0. The van der Waals surface area contributed by atoms with E-state index in [1.807, 2.05) is 18.2 Å². The first-order valence-electron chi connectivity index (χ1n) is 13.0. The lowest BCUT2D eigenvalue weighted by atomic mass is 9.48. The largest absolute Gasteiger partial charge is 0.391 e. The summed E-state index contributed by atoms with van der Waals surface area (Å²) in [5.74, 6) is 2.90. The molecule has 1 heterocycles. The van der Waals surface area contributed by atoms with Crippen LogP contribution >= 0.6 is 0 Å². The molecule has 3 aromatic rings. The lowest BCUT2D eigenvalue weighted by Crippen LogP contribution is -2.48. The van der Waals surface area contributed by atoms with Crippen LogP contribution in [-0.2, 0) is 16.9 Å². The third-order valence-electron chi connectivity index (χ3n) is 8.87. The standard InChI is InChI=1S/C31H33N3O/c1-21-11-28(19-33-35-20-27-6-4-3-5-26(27)18-32)22(2)34(21)30-9-7-29(8-10-30)31-15-23-12-24(16-31)14-25(13-23)17-31/h3-11,19,23-25H,12-17,20H2,1-2H3/b33-19-. The molecule has 2 aromatic carbocycles. The molecule has 35 heavy (non-hydrogen) atoms. The molecule has 178 valence electrons. The summed E-state index contributed by atoms with van der Waals surface area (Å²) in [4.78, 5) is 5.52. The number of benzene rings is 2. The van der Waals surface area contributed by atoms with Gasteiger partial charge in [-0.05, 0) is 105 Å². The van der Waals surface area contributed by atoms with Gasteiger partial charge in [-0.25, -0.2) is 0 Å². The van der Waals surface area contributed by atoms with Crippen molar-refractivity contribution in [2.45, 2.75) is 64.4 Å². The molecule has 0 N–H and O–H groups in total. The normalized spacial score (nSPS) is 26.8. The highest BCUT2D eigenvalue weighted by atomic mass is 16.6. The van der Waals surface area contributed by atoms with E-state index in [9.17, 15) is 5.26 Å². The maximum atomic E-state index is 9.23. The lowest BCUT2D eigenvalue weighted by Gasteiger charge is -2.57. The smallest absolute Gasteiger partial charge is 0.143 e. The average molecular weight is 464 g/mol. The summed E-state index contributed by atoms with van der Waals surface area (Å²) in [5.41, 5.74) is 8.05. The molecule has 4 aliphatic carbocycles. The Bertz CT molecular complexity index is 1270. The van der Waals surface area contributed by atoms with E-state index < -0.39 is 0 Å². The van der Waals surface area contributed by atoms with Crippen LogP contribution in [0.1, 0.15) is 72.2 Å². The number of hydrogen-bond donors (Lipinski definition) is 0. The van der Waals surface area contributed by atoms with Crippen LogP contribution in [0, 0.1) is 42.9 Å². The van der Waals surface area contributed by atoms with Crippen LogP contribution in [0.3, 0.4) is 0 Å². The van der Waals surface area contributed by atoms with E-state index in [0.717, 1.165) is 34.6 Å². The van der Waals surface area contributed by atoms with E-state index in [2.05, 4.69) is 60.0 Å². The quantitative estimate of drug-likeness (QED) is 0.292. The van der Waals surface area contributed by atoms with Gasteiger partial charge in [0, 0.05) is 28.2 Å². The summed E-state index contributed by atoms with van der Waals surface area (Å²) >= 11 is 0. The van der Waals surface area contributed by atoms with Crippen LogP contribution in [-0.4, -0.2) is 10.8 Å². The summed E-state index contributed by atoms with van der Waals surface area (Å²) in [6, 6.07) is 21.2. The van der Waals surface area contributed by atoms with Gasteiger partial charge in [0.05, 0.1) is 17.8 Å². The number of rotatable bonds is 6. The second-order valence-corrected chi connectivity index (χ2v) is 11.2. The third kappa shape index (κ3) is 3.97. The molecule has 4 aliphatic rings. The first-order chi connectivity index (χ1) is 17.0. The predicted molar refractivity (Wildman–Crippen MR) is 139 cm³/mol. The molecule has 4 saturated carbocycles. The Morgan fingerprint density at radius 2 is 1.66 bits per heavy atom. The van der Waals surface area contributed by atoms with Gasteiger partial charge in [0.2, 0.25) is 0 Å². The van der Waals surface area contributed by atoms with Gasteiger partial charge in [-0.2, -0.15) is 5.26 Å². The maximum absolute atomic E-state index is 9.23. The van der Waals surface area contributed by atoms with Crippen LogP contribution in [0.5, 0.6) is 0 Å². The molecule has 0 spiro atoms. The Hall–Kier alpha value is -3.32. The number of aryl methyl sites for hydroxylation is 1. The molecule has 4 bridgehead atoms. The van der Waals surface area contributed by atoms with Crippen molar-refractivity contribution in [2.75, 3.05) is 0 Å². The highest BCUT2D eigenvalue weighted by molar-refractivity contribution is 5.81. The molecule has 4 fully saturated rings. The van der Waals surface area contributed by atoms with E-state index in [0.29, 0.717) is 11.0 Å². The number of oxime groups is 1. The van der Waals surface area contributed by atoms with E-state index in [-0.39, 0.29) is 6.61 Å². The van der Waals surface area contributed by atoms with Crippen molar-refractivity contribution in [3.63, 3.8) is 0 Å². The fourth-order valence-electron chi connectivity index (χ4n) is 7.70. The predicted octanol–water partition coefficient (Wildman–Crippen LogP) is 6.98. The number of nitrogens with zero attached hydrogens (tertiary/aromatic N) is 3. The molecule has 0 aliphatic heterocycles. The molecule has 0 unspecified atom stereocenters. The number of hydrogen-bond acceptors (Lipinski definition) is 3. The Balaban J connectivity index is 1.18. The van der Waals surface area contributed by atoms with Crippen molar-refractivity contribution in [3.8, 4) is 11.8 Å². The topological polar surface area (TPSA) is 50.3 Å². The minimum Gasteiger partial charge on any atom is -0.391 e. The monoisotopic (exact) mass is 463 g/mol. The molecule has 1 aromatic heterocycles. The van der Waals surface area contributed by atoms with Crippen LogP contribution in [0.4, 0.5) is 0 Å². The van der Waals surface area contributed by atoms with E-state index >= 15 is 0 Å². The zero-order valence-corrected chi connectivity index (χ0v) is 20.7. The molecular weight excluding hydrogens is 430 g/mol. The Morgan fingerprint density at radius 3 is 2.31 bits per heavy atom. The Kier molecular flexibility index (Phi) is 5.52. The van der Waals surface area contributed by atoms with Crippen molar-refractivity contribution >= 4 is 6.21 Å². The molecule has 0 amide bonds. The lowest BCUT2D eigenvalue weighted by molar-refractivity contribution is -0.00518. The fourth-order valence-corrected chi connectivity index (χ4v) is 7.70. The second-order valence-electron chi connectivity index (χ2n) is 11.2. The van der Waals surface area contributed by atoms with Crippen LogP contribution in [0.15, 0.2) is 59.8 Å². The second kappa shape index (κ2) is 8.72. The van der Waals surface area contributed by atoms with Gasteiger partial charge >= 0.3 is 0 Å². The van der Waals surface area contributed by atoms with E-state index in [1.165, 1.54) is 49.9 Å². The van der Waals surface area contributed by atoms with E-state index in [4.69, 9.17) is 4.84 Å². The van der Waals surface area contributed by atoms with Gasteiger partial charge < -0.3 is 9.40 Å². The SMILES string of the molecule is Cc1cc(/C=N\OCc2ccccc2C#N)c(C)n1-c1ccc(C23CC4CC(CC(C4)C2)C3)cc1. The molecule has 0 saturated heterocycles. The van der Waals surface area contributed by atoms with Crippen molar-refractivity contribution in [2.24, 2.45) is 22.9 Å². The van der Waals surface area contributed by atoms with Crippen LogP contribution in [0.25, 0.3) is 5.69 Å². The van der Waals surface area contributed by atoms with Gasteiger partial charge in [0.1, 0.15) is 6.61 Å². The maximum Gasteiger partial charge on any atom is 0.143 e. The Labute approximate surface area is 208 Å². The summed E-state index contributed by atoms with van der Waals surface area (Å²) in [5, 5.41) is 13.4. The molecule has 0 radical (unpaired) electrons. The summed E-state index contributed by atoms with van der Waals surface area (Å²) in [7, 11) is 0. The minimum absolute atomic E-state index is 0.282. The fraction of sp³-hybridized carbons (Fsp3) is 0.419.